The van der Waals surface area contributed by atoms with Crippen LogP contribution in [-0.2, 0) is 9.59 Å². The maximum Gasteiger partial charge on any atom is 0.246 e. The van der Waals surface area contributed by atoms with Gasteiger partial charge in [0.15, 0.2) is 0 Å². The molecule has 0 aliphatic carbocycles. The molecule has 0 bridgehead atoms. The number of thioether (sulfide) groups is 1. The largest absolute Gasteiger partial charge is 0.341 e. The first kappa shape index (κ1) is 14.2. The number of carbonyl (C=O) groups is 2. The predicted octanol–water partition coefficient (Wildman–Crippen LogP) is 0.651. The van der Waals surface area contributed by atoms with Gasteiger partial charge in [-0.15, -0.1) is 11.8 Å². The third kappa shape index (κ3) is 2.22. The van der Waals surface area contributed by atoms with E-state index in [2.05, 4.69) is 12.2 Å². The van der Waals surface area contributed by atoms with Crippen LogP contribution in [0.5, 0.6) is 0 Å². The van der Waals surface area contributed by atoms with Crippen LogP contribution in [0.1, 0.15) is 32.6 Å². The minimum Gasteiger partial charge on any atom is -0.341 e. The molecule has 112 valence electrons. The highest BCUT2D eigenvalue weighted by Crippen LogP contribution is 2.47. The lowest BCUT2D eigenvalue weighted by Gasteiger charge is -2.36. The Hall–Kier alpha value is -0.750. The maximum atomic E-state index is 12.7. The number of nitrogens with one attached hydrogen (secondary N) is 1. The lowest BCUT2D eigenvalue weighted by molar-refractivity contribution is -0.144. The molecule has 3 rings (SSSR count). The molecule has 2 atom stereocenters. The molecule has 0 aromatic heterocycles. The number of amides is 2. The summed E-state index contributed by atoms with van der Waals surface area (Å²) in [5.74, 6) is 1.07. The van der Waals surface area contributed by atoms with Crippen LogP contribution >= 0.6 is 11.8 Å². The van der Waals surface area contributed by atoms with Gasteiger partial charge in [0.2, 0.25) is 11.8 Å². The van der Waals surface area contributed by atoms with Crippen LogP contribution in [0.15, 0.2) is 0 Å². The summed E-state index contributed by atoms with van der Waals surface area (Å²) < 4.78 is 0. The predicted molar refractivity (Wildman–Crippen MR) is 79.4 cm³/mol. The smallest absolute Gasteiger partial charge is 0.246 e. The van der Waals surface area contributed by atoms with Crippen molar-refractivity contribution in [3.05, 3.63) is 0 Å². The zero-order valence-electron chi connectivity index (χ0n) is 12.2. The fourth-order valence-corrected chi connectivity index (χ4v) is 5.03. The van der Waals surface area contributed by atoms with Gasteiger partial charge in [-0.05, 0) is 33.2 Å². The van der Waals surface area contributed by atoms with E-state index in [9.17, 15) is 9.59 Å². The molecule has 3 fully saturated rings. The van der Waals surface area contributed by atoms with E-state index in [1.165, 1.54) is 0 Å². The van der Waals surface area contributed by atoms with Gasteiger partial charge in [0.1, 0.15) is 6.04 Å². The average Bonchev–Trinajstić information content (AvgIpc) is 2.95. The normalized spacial score (nSPS) is 34.7. The third-order valence-electron chi connectivity index (χ3n) is 4.94. The van der Waals surface area contributed by atoms with E-state index in [1.807, 2.05) is 16.8 Å². The highest BCUT2D eigenvalue weighted by molar-refractivity contribution is 8.01. The summed E-state index contributed by atoms with van der Waals surface area (Å²) in [5.41, 5.74) is 0. The topological polar surface area (TPSA) is 52.7 Å². The van der Waals surface area contributed by atoms with Crippen molar-refractivity contribution in [1.29, 1.82) is 0 Å². The summed E-state index contributed by atoms with van der Waals surface area (Å²) in [7, 11) is 1.98. The first-order valence-corrected chi connectivity index (χ1v) is 8.46. The molecule has 5 nitrogen and oxygen atoms in total. The quantitative estimate of drug-likeness (QED) is 0.813. The van der Waals surface area contributed by atoms with E-state index >= 15 is 0 Å². The first-order chi connectivity index (χ1) is 9.55. The van der Waals surface area contributed by atoms with E-state index in [0.29, 0.717) is 12.5 Å². The van der Waals surface area contributed by atoms with Crippen LogP contribution < -0.4 is 5.32 Å². The maximum absolute atomic E-state index is 12.7. The third-order valence-corrected chi connectivity index (χ3v) is 6.45. The van der Waals surface area contributed by atoms with Crippen molar-refractivity contribution in [2.45, 2.75) is 49.6 Å². The molecule has 0 radical (unpaired) electrons. The Labute approximate surface area is 124 Å². The van der Waals surface area contributed by atoms with Gasteiger partial charge in [0.05, 0.1) is 4.87 Å². The number of likely N-dealkylation sites (tertiary alicyclic amines) is 1. The van der Waals surface area contributed by atoms with Crippen molar-refractivity contribution in [3.63, 3.8) is 0 Å². The van der Waals surface area contributed by atoms with Crippen molar-refractivity contribution >= 4 is 23.6 Å². The summed E-state index contributed by atoms with van der Waals surface area (Å²) in [5, 5.41) is 3.28. The Morgan fingerprint density at radius 2 is 2.10 bits per heavy atom. The lowest BCUT2D eigenvalue weighted by atomic mass is 10.0. The molecule has 0 aromatic rings. The van der Waals surface area contributed by atoms with E-state index in [-0.39, 0.29) is 22.7 Å². The number of rotatable bonds is 2. The molecule has 3 aliphatic rings. The zero-order chi connectivity index (χ0) is 14.3. The highest BCUT2D eigenvalue weighted by Gasteiger charge is 2.53. The molecular formula is C14H23N3O2S. The Kier molecular flexibility index (Phi) is 3.71. The fourth-order valence-electron chi connectivity index (χ4n) is 3.60. The Morgan fingerprint density at radius 1 is 1.40 bits per heavy atom. The SMILES string of the molecule is CNC1CCN(C(=O)C2CSC3(C)CCC(=O)N23)CC1. The van der Waals surface area contributed by atoms with Gasteiger partial charge in [-0.25, -0.2) is 0 Å². The number of carbonyl (C=O) groups excluding carboxylic acids is 2. The lowest BCUT2D eigenvalue weighted by Crippen LogP contribution is -2.54. The summed E-state index contributed by atoms with van der Waals surface area (Å²) in [6.45, 7) is 3.72. The Balaban J connectivity index is 1.68. The molecule has 1 N–H and O–H groups in total. The van der Waals surface area contributed by atoms with Crippen molar-refractivity contribution in [3.8, 4) is 0 Å². The van der Waals surface area contributed by atoms with E-state index in [1.54, 1.807) is 11.8 Å². The van der Waals surface area contributed by atoms with Crippen molar-refractivity contribution < 1.29 is 9.59 Å². The van der Waals surface area contributed by atoms with Gasteiger partial charge in [-0.1, -0.05) is 0 Å². The van der Waals surface area contributed by atoms with E-state index in [4.69, 9.17) is 0 Å². The second-order valence-corrected chi connectivity index (χ2v) is 7.66. The monoisotopic (exact) mass is 297 g/mol. The molecule has 0 spiro atoms. The standard InChI is InChI=1S/C14H23N3O2S/c1-14-6-3-12(18)17(14)11(9-20-14)13(19)16-7-4-10(15-2)5-8-16/h10-11,15H,3-9H2,1-2H3. The van der Waals surface area contributed by atoms with Gasteiger partial charge in [-0.3, -0.25) is 9.59 Å². The average molecular weight is 297 g/mol. The van der Waals surface area contributed by atoms with Crippen molar-refractivity contribution in [2.75, 3.05) is 25.9 Å². The fraction of sp³-hybridized carbons (Fsp3) is 0.857. The van der Waals surface area contributed by atoms with Crippen LogP contribution in [0.3, 0.4) is 0 Å². The van der Waals surface area contributed by atoms with Gasteiger partial charge >= 0.3 is 0 Å². The van der Waals surface area contributed by atoms with Crippen LogP contribution in [-0.4, -0.2) is 64.5 Å². The zero-order valence-corrected chi connectivity index (χ0v) is 13.0. The second kappa shape index (κ2) is 5.22. The molecule has 3 aliphatic heterocycles. The number of hydrogen-bond donors (Lipinski definition) is 1. The summed E-state index contributed by atoms with van der Waals surface area (Å²) in [6.07, 6.45) is 3.48. The summed E-state index contributed by atoms with van der Waals surface area (Å²) >= 11 is 1.77. The molecule has 20 heavy (non-hydrogen) atoms. The minimum atomic E-state index is -0.230. The molecule has 2 unspecified atom stereocenters. The Morgan fingerprint density at radius 3 is 2.75 bits per heavy atom. The van der Waals surface area contributed by atoms with Crippen molar-refractivity contribution in [2.24, 2.45) is 0 Å². The molecule has 3 saturated heterocycles. The summed E-state index contributed by atoms with van der Waals surface area (Å²) in [4.78, 5) is 28.5. The molecule has 3 heterocycles. The molecule has 0 aromatic carbocycles. The molecule has 6 heteroatoms. The summed E-state index contributed by atoms with van der Waals surface area (Å²) in [6, 6.07) is 0.293. The number of nitrogens with zero attached hydrogens (tertiary/aromatic N) is 2. The van der Waals surface area contributed by atoms with Crippen LogP contribution in [0.4, 0.5) is 0 Å². The van der Waals surface area contributed by atoms with Crippen LogP contribution in [0, 0.1) is 0 Å². The highest BCUT2D eigenvalue weighted by atomic mass is 32.2. The Bertz CT molecular complexity index is 423. The second-order valence-electron chi connectivity index (χ2n) is 6.15. The van der Waals surface area contributed by atoms with E-state index < -0.39 is 0 Å². The van der Waals surface area contributed by atoms with Gasteiger partial charge in [0, 0.05) is 31.3 Å². The molecule has 0 saturated carbocycles. The molecular weight excluding hydrogens is 274 g/mol. The van der Waals surface area contributed by atoms with Gasteiger partial charge in [-0.2, -0.15) is 0 Å². The minimum absolute atomic E-state index is 0.138. The van der Waals surface area contributed by atoms with Crippen LogP contribution in [0.25, 0.3) is 0 Å². The number of piperidine rings is 1. The van der Waals surface area contributed by atoms with Gasteiger partial charge in [0.25, 0.3) is 0 Å². The first-order valence-electron chi connectivity index (χ1n) is 7.47. The van der Waals surface area contributed by atoms with Crippen LogP contribution in [0.2, 0.25) is 0 Å². The van der Waals surface area contributed by atoms with Gasteiger partial charge < -0.3 is 15.1 Å². The molecule has 2 amide bonds. The number of fused-ring (bicyclic) bond motifs is 1. The number of hydrogen-bond acceptors (Lipinski definition) is 4. The van der Waals surface area contributed by atoms with Crippen molar-refractivity contribution in [1.82, 2.24) is 15.1 Å². The van der Waals surface area contributed by atoms with E-state index in [0.717, 1.165) is 38.1 Å².